The minimum atomic E-state index is -2.39. The molecule has 0 spiro atoms. The number of benzodiazepines with no additional fused rings is 1. The number of anilines is 1. The van der Waals surface area contributed by atoms with Crippen LogP contribution in [0.1, 0.15) is 23.6 Å². The number of Topliss-reactive ketones (excluding diaryl/α,β-unsaturated/α-hetero) is 1. The van der Waals surface area contributed by atoms with Crippen molar-refractivity contribution in [2.45, 2.75) is 25.0 Å². The van der Waals surface area contributed by atoms with Crippen LogP contribution in [0.4, 0.5) is 14.5 Å². The highest BCUT2D eigenvalue weighted by atomic mass is 35.5. The molecule has 1 heterocycles. The molecule has 1 unspecified atom stereocenters. The van der Waals surface area contributed by atoms with E-state index >= 15 is 0 Å². The number of ketones is 1. The summed E-state index contributed by atoms with van der Waals surface area (Å²) in [6.07, 6.45) is -0.389. The SMILES string of the molecule is C[C@H](NC(=O)Cc1cc(F)cc(F)c1)C(=O)C1(N)N=C(c2ccccc2)c2cc(Cl)ccc2N(C)C1=O. The summed E-state index contributed by atoms with van der Waals surface area (Å²) < 4.78 is 27.0. The van der Waals surface area contributed by atoms with E-state index in [0.29, 0.717) is 27.9 Å². The van der Waals surface area contributed by atoms with E-state index in [1.807, 2.05) is 0 Å². The fraction of sp³-hybridized carbons (Fsp3) is 0.185. The number of rotatable bonds is 6. The number of halogens is 3. The van der Waals surface area contributed by atoms with E-state index in [0.717, 1.165) is 12.1 Å². The van der Waals surface area contributed by atoms with Gasteiger partial charge in [-0.2, -0.15) is 0 Å². The lowest BCUT2D eigenvalue weighted by Crippen LogP contribution is -2.63. The molecule has 0 saturated carbocycles. The van der Waals surface area contributed by atoms with Crippen molar-refractivity contribution in [2.24, 2.45) is 10.7 Å². The normalized spacial score (nSPS) is 17.9. The van der Waals surface area contributed by atoms with Crippen LogP contribution in [0.25, 0.3) is 0 Å². The Morgan fingerprint density at radius 1 is 1.08 bits per heavy atom. The maximum atomic E-state index is 13.6. The van der Waals surface area contributed by atoms with E-state index < -0.39 is 40.9 Å². The lowest BCUT2D eigenvalue weighted by atomic mass is 9.97. The zero-order chi connectivity index (χ0) is 26.9. The number of hydrogen-bond donors (Lipinski definition) is 2. The molecule has 0 aliphatic carbocycles. The monoisotopic (exact) mass is 524 g/mol. The Labute approximate surface area is 216 Å². The number of nitrogens with two attached hydrogens (primary N) is 1. The van der Waals surface area contributed by atoms with Crippen LogP contribution in [0.5, 0.6) is 0 Å². The molecule has 0 aromatic heterocycles. The van der Waals surface area contributed by atoms with Gasteiger partial charge in [0.05, 0.1) is 23.9 Å². The van der Waals surface area contributed by atoms with Crippen LogP contribution < -0.4 is 16.0 Å². The average molecular weight is 525 g/mol. The molecule has 0 fully saturated rings. The van der Waals surface area contributed by atoms with Crippen LogP contribution in [0.3, 0.4) is 0 Å². The summed E-state index contributed by atoms with van der Waals surface area (Å²) in [5.41, 5.74) is 5.96. The van der Waals surface area contributed by atoms with E-state index in [1.165, 1.54) is 18.9 Å². The quantitative estimate of drug-likeness (QED) is 0.482. The summed E-state index contributed by atoms with van der Waals surface area (Å²) in [6.45, 7) is 1.36. The fourth-order valence-corrected chi connectivity index (χ4v) is 4.38. The van der Waals surface area contributed by atoms with Gasteiger partial charge >= 0.3 is 0 Å². The summed E-state index contributed by atoms with van der Waals surface area (Å²) in [5.74, 6) is -4.02. The Morgan fingerprint density at radius 3 is 2.38 bits per heavy atom. The summed E-state index contributed by atoms with van der Waals surface area (Å²) in [5, 5.41) is 2.85. The Kier molecular flexibility index (Phi) is 7.20. The van der Waals surface area contributed by atoms with Crippen LogP contribution in [0.2, 0.25) is 5.02 Å². The molecule has 2 atom stereocenters. The largest absolute Gasteiger partial charge is 0.346 e. The molecule has 37 heavy (non-hydrogen) atoms. The number of carbonyl (C=O) groups is 3. The number of fused-ring (bicyclic) bond motifs is 1. The van der Waals surface area contributed by atoms with Crippen molar-refractivity contribution in [1.29, 1.82) is 0 Å². The Balaban J connectivity index is 1.69. The highest BCUT2D eigenvalue weighted by molar-refractivity contribution is 6.32. The molecule has 4 rings (SSSR count). The first-order chi connectivity index (χ1) is 17.5. The summed E-state index contributed by atoms with van der Waals surface area (Å²) >= 11 is 6.24. The first-order valence-corrected chi connectivity index (χ1v) is 11.7. The lowest BCUT2D eigenvalue weighted by Gasteiger charge is -2.28. The van der Waals surface area contributed by atoms with Gasteiger partial charge in [-0.15, -0.1) is 0 Å². The third-order valence-corrected chi connectivity index (χ3v) is 6.21. The molecular formula is C27H23ClF2N4O3. The van der Waals surface area contributed by atoms with E-state index in [2.05, 4.69) is 10.3 Å². The van der Waals surface area contributed by atoms with E-state index in [1.54, 1.807) is 48.5 Å². The van der Waals surface area contributed by atoms with Crippen LogP contribution in [-0.2, 0) is 20.8 Å². The molecule has 2 amide bonds. The standard InChI is InChI=1S/C27H23ClF2N4O3/c1-15(32-23(35)12-16-10-19(29)14-20(30)11-16)25(36)27(31)26(37)34(2)22-9-8-18(28)13-21(22)24(33-27)17-6-4-3-5-7-17/h3-11,13-15H,12,31H2,1-2H3,(H,32,35)/t15-,27?/m0/s1. The molecule has 0 radical (unpaired) electrons. The molecule has 1 aliphatic rings. The van der Waals surface area contributed by atoms with Gasteiger partial charge in [0.2, 0.25) is 17.4 Å². The smallest absolute Gasteiger partial charge is 0.277 e. The molecule has 3 aromatic carbocycles. The van der Waals surface area contributed by atoms with Gasteiger partial charge in [0.1, 0.15) is 11.6 Å². The minimum Gasteiger partial charge on any atom is -0.346 e. The van der Waals surface area contributed by atoms with Crippen molar-refractivity contribution in [3.05, 3.63) is 100 Å². The number of amides is 2. The van der Waals surface area contributed by atoms with Crippen molar-refractivity contribution < 1.29 is 23.2 Å². The Hall–Kier alpha value is -3.95. The van der Waals surface area contributed by atoms with Crippen LogP contribution in [0.15, 0.2) is 71.7 Å². The predicted molar refractivity (Wildman–Crippen MR) is 137 cm³/mol. The third-order valence-electron chi connectivity index (χ3n) is 5.97. The molecule has 3 N–H and O–H groups in total. The van der Waals surface area contributed by atoms with Gasteiger partial charge in [-0.3, -0.25) is 20.1 Å². The van der Waals surface area contributed by atoms with Gasteiger partial charge in [0.15, 0.2) is 0 Å². The van der Waals surface area contributed by atoms with Crippen molar-refractivity contribution in [1.82, 2.24) is 5.32 Å². The number of benzene rings is 3. The van der Waals surface area contributed by atoms with Crippen molar-refractivity contribution in [3.63, 3.8) is 0 Å². The maximum absolute atomic E-state index is 13.6. The third kappa shape index (κ3) is 5.28. The highest BCUT2D eigenvalue weighted by Crippen LogP contribution is 2.32. The molecule has 10 heteroatoms. The zero-order valence-corrected chi connectivity index (χ0v) is 20.7. The summed E-state index contributed by atoms with van der Waals surface area (Å²) in [4.78, 5) is 45.4. The Morgan fingerprint density at radius 2 is 1.73 bits per heavy atom. The van der Waals surface area contributed by atoms with Crippen molar-refractivity contribution >= 4 is 40.6 Å². The Bertz CT molecular complexity index is 1410. The average Bonchev–Trinajstić information content (AvgIpc) is 2.92. The lowest BCUT2D eigenvalue weighted by molar-refractivity contribution is -0.136. The topological polar surface area (TPSA) is 105 Å². The second kappa shape index (κ2) is 10.2. The van der Waals surface area contributed by atoms with Gasteiger partial charge in [-0.1, -0.05) is 41.9 Å². The summed E-state index contributed by atoms with van der Waals surface area (Å²) in [6, 6.07) is 15.2. The first kappa shape index (κ1) is 26.1. The molecular weight excluding hydrogens is 502 g/mol. The van der Waals surface area contributed by atoms with Gasteiger partial charge in [-0.05, 0) is 42.8 Å². The van der Waals surface area contributed by atoms with E-state index in [4.69, 9.17) is 17.3 Å². The van der Waals surface area contributed by atoms with Gasteiger partial charge < -0.3 is 10.2 Å². The van der Waals surface area contributed by atoms with E-state index in [9.17, 15) is 23.2 Å². The number of carbonyl (C=O) groups excluding carboxylic acids is 3. The zero-order valence-electron chi connectivity index (χ0n) is 20.0. The van der Waals surface area contributed by atoms with Crippen molar-refractivity contribution in [3.8, 4) is 0 Å². The molecule has 0 bridgehead atoms. The first-order valence-electron chi connectivity index (χ1n) is 11.3. The number of hydrogen-bond acceptors (Lipinski definition) is 5. The fourth-order valence-electron chi connectivity index (χ4n) is 4.20. The molecule has 190 valence electrons. The second-order valence-corrected chi connectivity index (χ2v) is 9.16. The van der Waals surface area contributed by atoms with Gasteiger partial charge in [-0.25, -0.2) is 13.8 Å². The van der Waals surface area contributed by atoms with Crippen LogP contribution in [-0.4, -0.2) is 42.1 Å². The number of nitrogens with one attached hydrogen (secondary N) is 1. The number of aliphatic imine (C=N–C) groups is 1. The predicted octanol–water partition coefficient (Wildman–Crippen LogP) is 3.40. The second-order valence-electron chi connectivity index (χ2n) is 8.73. The maximum Gasteiger partial charge on any atom is 0.277 e. The minimum absolute atomic E-state index is 0.0825. The summed E-state index contributed by atoms with van der Waals surface area (Å²) in [7, 11) is 1.47. The van der Waals surface area contributed by atoms with Gasteiger partial charge in [0, 0.05) is 29.3 Å². The van der Waals surface area contributed by atoms with Crippen LogP contribution in [0, 0.1) is 11.6 Å². The number of nitrogens with zero attached hydrogens (tertiary/aromatic N) is 2. The molecule has 7 nitrogen and oxygen atoms in total. The van der Waals surface area contributed by atoms with Gasteiger partial charge in [0.25, 0.3) is 5.91 Å². The number of likely N-dealkylation sites (N-methyl/N-ethyl adjacent to an activating group) is 1. The van der Waals surface area contributed by atoms with E-state index in [-0.39, 0.29) is 17.7 Å². The molecule has 3 aromatic rings. The van der Waals surface area contributed by atoms with Crippen LogP contribution >= 0.6 is 11.6 Å². The highest BCUT2D eigenvalue weighted by Gasteiger charge is 2.48. The molecule has 1 aliphatic heterocycles. The molecule has 0 saturated heterocycles. The van der Waals surface area contributed by atoms with Crippen molar-refractivity contribution in [2.75, 3.05) is 11.9 Å².